The Morgan fingerprint density at radius 3 is 2.36 bits per heavy atom. The van der Waals surface area contributed by atoms with Crippen LogP contribution in [0.25, 0.3) is 22.3 Å². The van der Waals surface area contributed by atoms with E-state index < -0.39 is 18.5 Å². The molecule has 0 saturated carbocycles. The summed E-state index contributed by atoms with van der Waals surface area (Å²) in [7, 11) is 1.56. The summed E-state index contributed by atoms with van der Waals surface area (Å²) in [6, 6.07) is 18.5. The van der Waals surface area contributed by atoms with Gasteiger partial charge in [-0.2, -0.15) is 0 Å². The Morgan fingerprint density at radius 2 is 1.69 bits per heavy atom. The van der Waals surface area contributed by atoms with Crippen LogP contribution in [0.4, 0.5) is 5.69 Å². The minimum absolute atomic E-state index is 0.0654. The number of anilines is 1. The third-order valence-electron chi connectivity index (χ3n) is 5.39. The Morgan fingerprint density at radius 1 is 0.972 bits per heavy atom. The molecule has 1 amide bonds. The topological polar surface area (TPSA) is 104 Å². The van der Waals surface area contributed by atoms with Crippen LogP contribution in [0.2, 0.25) is 0 Å². The highest BCUT2D eigenvalue weighted by molar-refractivity contribution is 5.94. The van der Waals surface area contributed by atoms with Crippen LogP contribution in [0.15, 0.2) is 75.9 Å². The van der Waals surface area contributed by atoms with Crippen molar-refractivity contribution in [2.24, 2.45) is 0 Å². The molecule has 0 spiro atoms. The zero-order valence-electron chi connectivity index (χ0n) is 20.1. The van der Waals surface area contributed by atoms with Crippen molar-refractivity contribution in [1.29, 1.82) is 0 Å². The summed E-state index contributed by atoms with van der Waals surface area (Å²) in [5, 5.41) is 3.03. The van der Waals surface area contributed by atoms with Crippen molar-refractivity contribution in [3.8, 4) is 22.8 Å². The highest BCUT2D eigenvalue weighted by Crippen LogP contribution is 2.32. The minimum atomic E-state index is -0.483. The average molecular weight is 488 g/mol. The summed E-state index contributed by atoms with van der Waals surface area (Å²) in [6.45, 7) is 3.48. The first kappa shape index (κ1) is 24.5. The van der Waals surface area contributed by atoms with E-state index in [2.05, 4.69) is 5.32 Å². The SMILES string of the molecule is CCOC(=O)c1ccc(NC(=O)COc2c(-c3ccc(OC)cc3)oc3cc(C)ccc3c2=O)cc1. The van der Waals surface area contributed by atoms with Crippen LogP contribution in [0.3, 0.4) is 0 Å². The third-order valence-corrected chi connectivity index (χ3v) is 5.39. The molecule has 3 aromatic carbocycles. The molecule has 0 fully saturated rings. The number of rotatable bonds is 8. The number of ether oxygens (including phenoxy) is 3. The summed E-state index contributed by atoms with van der Waals surface area (Å²) in [5.41, 5.74) is 2.42. The molecule has 8 nitrogen and oxygen atoms in total. The lowest BCUT2D eigenvalue weighted by atomic mass is 10.1. The van der Waals surface area contributed by atoms with Crippen LogP contribution < -0.4 is 20.2 Å². The molecule has 0 unspecified atom stereocenters. The van der Waals surface area contributed by atoms with E-state index in [9.17, 15) is 14.4 Å². The van der Waals surface area contributed by atoms with Gasteiger partial charge in [-0.1, -0.05) is 6.07 Å². The average Bonchev–Trinajstić information content (AvgIpc) is 2.88. The molecular weight excluding hydrogens is 462 g/mol. The molecule has 1 heterocycles. The lowest BCUT2D eigenvalue weighted by molar-refractivity contribution is -0.118. The second kappa shape index (κ2) is 10.8. The summed E-state index contributed by atoms with van der Waals surface area (Å²) in [6.07, 6.45) is 0. The summed E-state index contributed by atoms with van der Waals surface area (Å²) >= 11 is 0. The van der Waals surface area contributed by atoms with Crippen molar-refractivity contribution >= 4 is 28.5 Å². The number of esters is 1. The maximum absolute atomic E-state index is 13.3. The van der Waals surface area contributed by atoms with E-state index in [0.717, 1.165) is 5.56 Å². The molecule has 0 saturated heterocycles. The van der Waals surface area contributed by atoms with Crippen LogP contribution in [0.1, 0.15) is 22.8 Å². The van der Waals surface area contributed by atoms with Gasteiger partial charge in [0.2, 0.25) is 11.2 Å². The van der Waals surface area contributed by atoms with Crippen molar-refractivity contribution in [1.82, 2.24) is 0 Å². The molecule has 1 aromatic heterocycles. The summed E-state index contributed by atoms with van der Waals surface area (Å²) < 4.78 is 22.0. The van der Waals surface area contributed by atoms with Gasteiger partial charge in [0.15, 0.2) is 12.4 Å². The fourth-order valence-corrected chi connectivity index (χ4v) is 3.59. The fraction of sp³-hybridized carbons (Fsp3) is 0.179. The fourth-order valence-electron chi connectivity index (χ4n) is 3.59. The second-order valence-corrected chi connectivity index (χ2v) is 7.95. The molecule has 184 valence electrons. The van der Waals surface area contributed by atoms with Gasteiger partial charge in [-0.25, -0.2) is 4.79 Å². The van der Waals surface area contributed by atoms with Gasteiger partial charge in [0.05, 0.1) is 24.7 Å². The van der Waals surface area contributed by atoms with Crippen LogP contribution in [-0.2, 0) is 9.53 Å². The van der Waals surface area contributed by atoms with E-state index in [4.69, 9.17) is 18.6 Å². The highest BCUT2D eigenvalue weighted by Gasteiger charge is 2.19. The van der Waals surface area contributed by atoms with Crippen molar-refractivity contribution < 1.29 is 28.2 Å². The number of carbonyl (C=O) groups excluding carboxylic acids is 2. The van der Waals surface area contributed by atoms with Crippen molar-refractivity contribution in [2.75, 3.05) is 25.6 Å². The zero-order valence-corrected chi connectivity index (χ0v) is 20.1. The van der Waals surface area contributed by atoms with Gasteiger partial charge >= 0.3 is 5.97 Å². The molecule has 8 heteroatoms. The third kappa shape index (κ3) is 5.38. The highest BCUT2D eigenvalue weighted by atomic mass is 16.5. The van der Waals surface area contributed by atoms with Crippen molar-refractivity contribution in [3.63, 3.8) is 0 Å². The van der Waals surface area contributed by atoms with Gasteiger partial charge in [-0.15, -0.1) is 0 Å². The molecule has 0 aliphatic rings. The molecule has 4 rings (SSSR count). The van der Waals surface area contributed by atoms with Crippen LogP contribution in [-0.4, -0.2) is 32.2 Å². The molecule has 0 atom stereocenters. The van der Waals surface area contributed by atoms with E-state index in [1.807, 2.05) is 13.0 Å². The molecule has 1 N–H and O–H groups in total. The second-order valence-electron chi connectivity index (χ2n) is 7.95. The van der Waals surface area contributed by atoms with Gasteiger partial charge in [-0.05, 0) is 80.1 Å². The lowest BCUT2D eigenvalue weighted by Crippen LogP contribution is -2.22. The van der Waals surface area contributed by atoms with Gasteiger partial charge in [0.25, 0.3) is 5.91 Å². The number of amides is 1. The summed E-state index contributed by atoms with van der Waals surface area (Å²) in [5.74, 6) is -0.129. The Labute approximate surface area is 207 Å². The Hall–Kier alpha value is -4.59. The van der Waals surface area contributed by atoms with Crippen LogP contribution in [0, 0.1) is 6.92 Å². The maximum atomic E-state index is 13.3. The first-order valence-corrected chi connectivity index (χ1v) is 11.3. The lowest BCUT2D eigenvalue weighted by Gasteiger charge is -2.13. The van der Waals surface area contributed by atoms with E-state index in [0.29, 0.717) is 33.5 Å². The monoisotopic (exact) mass is 487 g/mol. The molecule has 36 heavy (non-hydrogen) atoms. The van der Waals surface area contributed by atoms with Gasteiger partial charge in [0, 0.05) is 11.3 Å². The maximum Gasteiger partial charge on any atom is 0.338 e. The largest absolute Gasteiger partial charge is 0.497 e. The number of hydrogen-bond acceptors (Lipinski definition) is 7. The standard InChI is InChI=1S/C28H25NO7/c1-4-34-28(32)19-6-10-20(11-7-19)29-24(30)16-35-27-25(31)22-14-5-17(2)15-23(22)36-26(27)18-8-12-21(33-3)13-9-18/h5-15H,4,16H2,1-3H3,(H,29,30). The molecule has 0 radical (unpaired) electrons. The quantitative estimate of drug-likeness (QED) is 0.350. The Balaban J connectivity index is 1.58. The van der Waals surface area contributed by atoms with E-state index in [1.54, 1.807) is 74.7 Å². The Kier molecular flexibility index (Phi) is 7.34. The van der Waals surface area contributed by atoms with E-state index in [1.165, 1.54) is 0 Å². The predicted octanol–water partition coefficient (Wildman–Crippen LogP) is 4.97. The van der Waals surface area contributed by atoms with Crippen molar-refractivity contribution in [2.45, 2.75) is 13.8 Å². The van der Waals surface area contributed by atoms with E-state index >= 15 is 0 Å². The van der Waals surface area contributed by atoms with Crippen LogP contribution in [0.5, 0.6) is 11.5 Å². The first-order chi connectivity index (χ1) is 17.4. The summed E-state index contributed by atoms with van der Waals surface area (Å²) in [4.78, 5) is 37.7. The number of carbonyl (C=O) groups is 2. The number of aryl methyl sites for hydroxylation is 1. The minimum Gasteiger partial charge on any atom is -0.497 e. The molecular formula is C28H25NO7. The molecule has 0 bridgehead atoms. The molecule has 0 aliphatic carbocycles. The Bertz CT molecular complexity index is 1450. The number of nitrogens with one attached hydrogen (secondary N) is 1. The number of methoxy groups -OCH3 is 1. The smallest absolute Gasteiger partial charge is 0.338 e. The first-order valence-electron chi connectivity index (χ1n) is 11.3. The van der Waals surface area contributed by atoms with Crippen molar-refractivity contribution in [3.05, 3.63) is 88.1 Å². The van der Waals surface area contributed by atoms with E-state index in [-0.39, 0.29) is 23.5 Å². The van der Waals surface area contributed by atoms with Gasteiger partial charge < -0.3 is 23.9 Å². The number of benzene rings is 3. The molecule has 0 aliphatic heterocycles. The normalized spacial score (nSPS) is 10.6. The van der Waals surface area contributed by atoms with Gasteiger partial charge in [-0.3, -0.25) is 9.59 Å². The van der Waals surface area contributed by atoms with Gasteiger partial charge in [0.1, 0.15) is 11.3 Å². The number of fused-ring (bicyclic) bond motifs is 1. The zero-order chi connectivity index (χ0) is 25.7. The number of hydrogen-bond donors (Lipinski definition) is 1. The molecule has 4 aromatic rings. The van der Waals surface area contributed by atoms with Crippen LogP contribution >= 0.6 is 0 Å². The predicted molar refractivity (Wildman–Crippen MR) is 136 cm³/mol.